The van der Waals surface area contributed by atoms with Gasteiger partial charge in [-0.15, -0.1) is 0 Å². The number of hydrogen-bond acceptors (Lipinski definition) is 5. The zero-order chi connectivity index (χ0) is 23.8. The van der Waals surface area contributed by atoms with E-state index in [-0.39, 0.29) is 12.1 Å². The number of hydrogen-bond donors (Lipinski definition) is 2. The Kier molecular flexibility index (Phi) is 6.31. The van der Waals surface area contributed by atoms with E-state index >= 15 is 0 Å². The average molecular weight is 486 g/mol. The van der Waals surface area contributed by atoms with Gasteiger partial charge in [0.15, 0.2) is 5.11 Å². The number of nitrogens with zero attached hydrogens (tertiary/aromatic N) is 3. The van der Waals surface area contributed by atoms with Gasteiger partial charge in [0, 0.05) is 30.3 Å². The van der Waals surface area contributed by atoms with Gasteiger partial charge in [-0.1, -0.05) is 6.07 Å². The number of aromatic nitrogens is 2. The maximum Gasteiger partial charge on any atom is 0.229 e. The molecular weight excluding hydrogens is 458 g/mol. The molecule has 0 bridgehead atoms. The van der Waals surface area contributed by atoms with Gasteiger partial charge in [-0.25, -0.2) is 8.42 Å². The molecule has 1 aliphatic heterocycles. The zero-order valence-electron chi connectivity index (χ0n) is 18.9. The lowest BCUT2D eigenvalue weighted by molar-refractivity contribution is 0.417. The van der Waals surface area contributed by atoms with E-state index in [0.29, 0.717) is 22.6 Å². The molecule has 3 heterocycles. The smallest absolute Gasteiger partial charge is 0.229 e. The topological polar surface area (TPSA) is 88.5 Å². The molecule has 1 aromatic carbocycles. The van der Waals surface area contributed by atoms with Gasteiger partial charge in [-0.2, -0.15) is 0 Å². The molecule has 0 unspecified atom stereocenters. The highest BCUT2D eigenvalue weighted by molar-refractivity contribution is 7.92. The minimum atomic E-state index is -3.50. The van der Waals surface area contributed by atoms with Crippen LogP contribution in [-0.4, -0.2) is 36.4 Å². The van der Waals surface area contributed by atoms with Gasteiger partial charge < -0.3 is 19.5 Å². The number of nitrogens with one attached hydrogen (secondary N) is 2. The molecule has 4 rings (SSSR count). The predicted molar refractivity (Wildman–Crippen MR) is 134 cm³/mol. The van der Waals surface area contributed by atoms with E-state index in [9.17, 15) is 8.42 Å². The normalized spacial score (nSPS) is 18.5. The van der Waals surface area contributed by atoms with Crippen LogP contribution in [0.3, 0.4) is 0 Å². The molecular formula is C23H27N5O3S2. The molecule has 1 fully saturated rings. The molecule has 0 amide bonds. The first kappa shape index (κ1) is 23.1. The summed E-state index contributed by atoms with van der Waals surface area (Å²) in [5, 5.41) is 3.95. The van der Waals surface area contributed by atoms with Crippen molar-refractivity contribution in [3.05, 3.63) is 72.3 Å². The van der Waals surface area contributed by atoms with Gasteiger partial charge in [-0.3, -0.25) is 9.71 Å². The van der Waals surface area contributed by atoms with Crippen molar-refractivity contribution < 1.29 is 13.2 Å². The van der Waals surface area contributed by atoms with E-state index in [1.54, 1.807) is 18.3 Å². The van der Waals surface area contributed by atoms with Gasteiger partial charge in [0.1, 0.15) is 5.75 Å². The summed E-state index contributed by atoms with van der Waals surface area (Å²) in [7, 11) is -2.00. The summed E-state index contributed by atoms with van der Waals surface area (Å²) in [6.07, 6.45) is 7.04. The molecule has 2 N–H and O–H groups in total. The number of anilines is 2. The molecule has 0 radical (unpaired) electrons. The Morgan fingerprint density at radius 1 is 1.21 bits per heavy atom. The maximum atomic E-state index is 11.9. The Labute approximate surface area is 199 Å². The first-order valence-electron chi connectivity index (χ1n) is 10.5. The SMILES string of the molecule is COc1ccc(N2C(=S)N[C@@H](c3ccccn3)[C@@H]2c2ccn(C(C)C)c2)cc1NS(C)(=O)=O. The van der Waals surface area contributed by atoms with E-state index in [1.807, 2.05) is 29.2 Å². The quantitative estimate of drug-likeness (QED) is 0.489. The molecule has 2 atom stereocenters. The van der Waals surface area contributed by atoms with Crippen LogP contribution in [0.2, 0.25) is 0 Å². The molecule has 0 spiro atoms. The largest absolute Gasteiger partial charge is 0.495 e. The van der Waals surface area contributed by atoms with Gasteiger partial charge in [0.05, 0.1) is 36.8 Å². The fourth-order valence-corrected chi connectivity index (χ4v) is 4.93. The van der Waals surface area contributed by atoms with Gasteiger partial charge >= 0.3 is 0 Å². The number of thiocarbonyl (C=S) groups is 1. The van der Waals surface area contributed by atoms with Crippen LogP contribution < -0.4 is 19.7 Å². The predicted octanol–water partition coefficient (Wildman–Crippen LogP) is 4.02. The Morgan fingerprint density at radius 3 is 2.61 bits per heavy atom. The summed E-state index contributed by atoms with van der Waals surface area (Å²) < 4.78 is 33.9. The molecule has 8 nitrogen and oxygen atoms in total. The average Bonchev–Trinajstić information content (AvgIpc) is 3.38. The highest BCUT2D eigenvalue weighted by Gasteiger charge is 2.41. The third-order valence-corrected chi connectivity index (χ3v) is 6.44. The molecule has 33 heavy (non-hydrogen) atoms. The van der Waals surface area contributed by atoms with Crippen LogP contribution in [-0.2, 0) is 10.0 Å². The van der Waals surface area contributed by atoms with Crippen LogP contribution in [0.25, 0.3) is 0 Å². The number of rotatable bonds is 7. The molecule has 0 aliphatic carbocycles. The summed E-state index contributed by atoms with van der Waals surface area (Å²) >= 11 is 5.76. The van der Waals surface area contributed by atoms with Crippen molar-refractivity contribution in [1.82, 2.24) is 14.9 Å². The minimum absolute atomic E-state index is 0.185. The lowest BCUT2D eigenvalue weighted by Gasteiger charge is -2.28. The molecule has 1 saturated heterocycles. The van der Waals surface area contributed by atoms with Crippen molar-refractivity contribution in [1.29, 1.82) is 0 Å². The van der Waals surface area contributed by atoms with Crippen LogP contribution in [0, 0.1) is 0 Å². The van der Waals surface area contributed by atoms with Crippen LogP contribution in [0.15, 0.2) is 61.1 Å². The van der Waals surface area contributed by atoms with Crippen LogP contribution in [0.1, 0.15) is 43.2 Å². The van der Waals surface area contributed by atoms with E-state index in [1.165, 1.54) is 7.11 Å². The third-order valence-electron chi connectivity index (χ3n) is 5.53. The highest BCUT2D eigenvalue weighted by atomic mass is 32.2. The van der Waals surface area contributed by atoms with E-state index in [4.69, 9.17) is 17.0 Å². The van der Waals surface area contributed by atoms with E-state index < -0.39 is 10.0 Å². The minimum Gasteiger partial charge on any atom is -0.495 e. The van der Waals surface area contributed by atoms with Crippen molar-refractivity contribution in [2.75, 3.05) is 23.0 Å². The fourth-order valence-electron chi connectivity index (χ4n) is 4.02. The van der Waals surface area contributed by atoms with Crippen LogP contribution >= 0.6 is 12.2 Å². The second-order valence-electron chi connectivity index (χ2n) is 8.24. The maximum absolute atomic E-state index is 11.9. The fraction of sp³-hybridized carbons (Fsp3) is 0.304. The summed E-state index contributed by atoms with van der Waals surface area (Å²) in [6, 6.07) is 13.2. The van der Waals surface area contributed by atoms with E-state index in [0.717, 1.165) is 23.2 Å². The van der Waals surface area contributed by atoms with Crippen molar-refractivity contribution in [3.8, 4) is 5.75 Å². The summed E-state index contributed by atoms with van der Waals surface area (Å²) in [4.78, 5) is 6.57. The molecule has 174 valence electrons. The lowest BCUT2D eigenvalue weighted by Crippen LogP contribution is -2.29. The van der Waals surface area contributed by atoms with Gasteiger partial charge in [0.25, 0.3) is 0 Å². The van der Waals surface area contributed by atoms with E-state index in [2.05, 4.69) is 51.9 Å². The third kappa shape index (κ3) is 4.81. The second kappa shape index (κ2) is 9.03. The zero-order valence-corrected chi connectivity index (χ0v) is 20.5. The van der Waals surface area contributed by atoms with Gasteiger partial charge in [0.2, 0.25) is 10.0 Å². The second-order valence-corrected chi connectivity index (χ2v) is 10.4. The molecule has 0 saturated carbocycles. The van der Waals surface area contributed by atoms with Crippen molar-refractivity contribution in [2.24, 2.45) is 0 Å². The summed E-state index contributed by atoms with van der Waals surface area (Å²) in [5.74, 6) is 0.422. The molecule has 1 aliphatic rings. The number of benzene rings is 1. The first-order chi connectivity index (χ1) is 15.7. The van der Waals surface area contributed by atoms with Crippen molar-refractivity contribution in [3.63, 3.8) is 0 Å². The number of sulfonamides is 1. The number of pyridine rings is 1. The highest BCUT2D eigenvalue weighted by Crippen LogP contribution is 2.43. The summed E-state index contributed by atoms with van der Waals surface area (Å²) in [6.45, 7) is 4.25. The molecule has 10 heteroatoms. The monoisotopic (exact) mass is 485 g/mol. The Morgan fingerprint density at radius 2 is 2.00 bits per heavy atom. The Hall–Kier alpha value is -3.11. The lowest BCUT2D eigenvalue weighted by atomic mass is 9.98. The van der Waals surface area contributed by atoms with Crippen LogP contribution in [0.4, 0.5) is 11.4 Å². The van der Waals surface area contributed by atoms with Gasteiger partial charge in [-0.05, 0) is 68.0 Å². The standard InChI is InChI=1S/C23H27N5O3S2/c1-15(2)27-12-10-16(14-27)22-21(18-7-5-6-11-24-18)25-23(32)28(22)17-8-9-20(31-3)19(13-17)26-33(4,29)30/h5-15,21-22,26H,1-4H3,(H,25,32)/t21-,22-/m0/s1. The first-order valence-corrected chi connectivity index (χ1v) is 12.8. The van der Waals surface area contributed by atoms with Crippen molar-refractivity contribution in [2.45, 2.75) is 32.0 Å². The van der Waals surface area contributed by atoms with Crippen molar-refractivity contribution >= 4 is 38.7 Å². The number of ether oxygens (including phenoxy) is 1. The Bertz CT molecular complexity index is 1260. The number of methoxy groups -OCH3 is 1. The molecule has 2 aromatic heterocycles. The Balaban J connectivity index is 1.83. The van der Waals surface area contributed by atoms with Crippen LogP contribution in [0.5, 0.6) is 5.75 Å². The summed E-state index contributed by atoms with van der Waals surface area (Å²) in [5.41, 5.74) is 3.02. The molecule has 3 aromatic rings.